The highest BCUT2D eigenvalue weighted by atomic mass is 32.2. The van der Waals surface area contributed by atoms with Crippen LogP contribution in [0.1, 0.15) is 24.0 Å². The largest absolute Gasteiger partial charge is 0.454 e. The summed E-state index contributed by atoms with van der Waals surface area (Å²) in [6.07, 6.45) is 0. The number of nitriles is 1. The lowest BCUT2D eigenvalue weighted by molar-refractivity contribution is 0.117. The summed E-state index contributed by atoms with van der Waals surface area (Å²) in [7, 11) is -3.72. The molecule has 146 valence electrons. The number of ether oxygens (including phenoxy) is 3. The van der Waals surface area contributed by atoms with Crippen LogP contribution in [0.5, 0.6) is 11.5 Å². The van der Waals surface area contributed by atoms with Crippen molar-refractivity contribution in [2.45, 2.75) is 29.9 Å². The highest BCUT2D eigenvalue weighted by molar-refractivity contribution is 7.92. The quantitative estimate of drug-likeness (QED) is 0.741. The molecule has 1 aliphatic carbocycles. The SMILES string of the molecule is CCOC[C@]1(C#N)[C@H](c2ccc3c(c2)OCO3)[C@H]1S(=O)(=O)c1ccc(C)cc1. The maximum Gasteiger partial charge on any atom is 0.231 e. The van der Waals surface area contributed by atoms with Gasteiger partial charge in [-0.25, -0.2) is 8.42 Å². The number of fused-ring (bicyclic) bond motifs is 1. The van der Waals surface area contributed by atoms with Gasteiger partial charge in [-0.3, -0.25) is 0 Å². The van der Waals surface area contributed by atoms with Crippen molar-refractivity contribution >= 4 is 9.84 Å². The molecule has 0 saturated heterocycles. The molecule has 0 amide bonds. The van der Waals surface area contributed by atoms with Crippen molar-refractivity contribution in [2.75, 3.05) is 20.0 Å². The molecule has 0 aromatic heterocycles. The van der Waals surface area contributed by atoms with Gasteiger partial charge in [-0.1, -0.05) is 23.8 Å². The van der Waals surface area contributed by atoms with E-state index in [1.807, 2.05) is 13.8 Å². The molecule has 1 aliphatic heterocycles. The van der Waals surface area contributed by atoms with E-state index in [0.717, 1.165) is 11.1 Å². The predicted octanol–water partition coefficient (Wildman–Crippen LogP) is 3.21. The second kappa shape index (κ2) is 6.80. The fraction of sp³-hybridized carbons (Fsp3) is 0.381. The number of rotatable bonds is 6. The smallest absolute Gasteiger partial charge is 0.231 e. The van der Waals surface area contributed by atoms with Gasteiger partial charge in [-0.2, -0.15) is 5.26 Å². The molecule has 1 saturated carbocycles. The summed E-state index contributed by atoms with van der Waals surface area (Å²) in [5, 5.41) is 9.11. The van der Waals surface area contributed by atoms with Crippen LogP contribution in [0.2, 0.25) is 0 Å². The van der Waals surface area contributed by atoms with Crippen molar-refractivity contribution < 1.29 is 22.6 Å². The number of aryl methyl sites for hydroxylation is 1. The Hall–Kier alpha value is -2.56. The minimum Gasteiger partial charge on any atom is -0.454 e. The molecular formula is C21H21NO5S. The number of hydrogen-bond donors (Lipinski definition) is 0. The maximum absolute atomic E-state index is 13.4. The third-order valence-corrected chi connectivity index (χ3v) is 7.74. The maximum atomic E-state index is 13.4. The lowest BCUT2D eigenvalue weighted by Gasteiger charge is -2.10. The highest BCUT2D eigenvalue weighted by Crippen LogP contribution is 2.64. The summed E-state index contributed by atoms with van der Waals surface area (Å²) >= 11 is 0. The summed E-state index contributed by atoms with van der Waals surface area (Å²) in [5.41, 5.74) is 0.585. The Labute approximate surface area is 164 Å². The molecule has 0 N–H and O–H groups in total. The molecule has 0 bridgehead atoms. The van der Waals surface area contributed by atoms with Crippen LogP contribution < -0.4 is 9.47 Å². The monoisotopic (exact) mass is 399 g/mol. The Morgan fingerprint density at radius 1 is 1.18 bits per heavy atom. The van der Waals surface area contributed by atoms with Gasteiger partial charge in [0.05, 0.1) is 22.8 Å². The topological polar surface area (TPSA) is 85.6 Å². The van der Waals surface area contributed by atoms with Crippen LogP contribution in [0, 0.1) is 23.7 Å². The van der Waals surface area contributed by atoms with Crippen LogP contribution in [0.25, 0.3) is 0 Å². The minimum atomic E-state index is -3.72. The van der Waals surface area contributed by atoms with Crippen LogP contribution in [-0.4, -0.2) is 33.7 Å². The highest BCUT2D eigenvalue weighted by Gasteiger charge is 2.72. The second-order valence-electron chi connectivity index (χ2n) is 7.16. The van der Waals surface area contributed by atoms with Crippen molar-refractivity contribution in [3.63, 3.8) is 0 Å². The van der Waals surface area contributed by atoms with Crippen molar-refractivity contribution in [1.29, 1.82) is 5.26 Å². The molecule has 4 rings (SSSR count). The van der Waals surface area contributed by atoms with Gasteiger partial charge in [0.25, 0.3) is 0 Å². The van der Waals surface area contributed by atoms with E-state index in [4.69, 9.17) is 14.2 Å². The zero-order valence-corrected chi connectivity index (χ0v) is 16.5. The molecule has 6 nitrogen and oxygen atoms in total. The van der Waals surface area contributed by atoms with E-state index in [0.29, 0.717) is 18.1 Å². The Bertz CT molecular complexity index is 1040. The average molecular weight is 399 g/mol. The molecule has 1 fully saturated rings. The molecule has 0 spiro atoms. The van der Waals surface area contributed by atoms with Gasteiger partial charge >= 0.3 is 0 Å². The van der Waals surface area contributed by atoms with Crippen molar-refractivity contribution in [3.8, 4) is 17.6 Å². The Morgan fingerprint density at radius 2 is 1.89 bits per heavy atom. The van der Waals surface area contributed by atoms with Crippen LogP contribution in [0.4, 0.5) is 0 Å². The van der Waals surface area contributed by atoms with Crippen LogP contribution >= 0.6 is 0 Å². The standard InChI is InChI=1S/C21H21NO5S/c1-3-25-12-21(11-22)19(15-6-9-17-18(10-15)27-13-26-17)20(21)28(23,24)16-7-4-14(2)5-8-16/h4-10,19-20H,3,12-13H2,1-2H3/t19-,20-,21-/m1/s1. The van der Waals surface area contributed by atoms with Gasteiger partial charge in [0, 0.05) is 12.5 Å². The van der Waals surface area contributed by atoms with Crippen molar-refractivity contribution in [1.82, 2.24) is 0 Å². The summed E-state index contributed by atoms with van der Waals surface area (Å²) in [6, 6.07) is 14.3. The molecule has 0 radical (unpaired) electrons. The van der Waals surface area contributed by atoms with Gasteiger partial charge in [0.1, 0.15) is 5.41 Å². The minimum absolute atomic E-state index is 0.0644. The van der Waals surface area contributed by atoms with E-state index >= 15 is 0 Å². The normalized spacial score (nSPS) is 25.3. The Morgan fingerprint density at radius 3 is 2.57 bits per heavy atom. The number of hydrogen-bond acceptors (Lipinski definition) is 6. The first-order valence-electron chi connectivity index (χ1n) is 9.13. The molecule has 2 aromatic rings. The predicted molar refractivity (Wildman–Crippen MR) is 102 cm³/mol. The Kier molecular flexibility index (Phi) is 4.56. The van der Waals surface area contributed by atoms with Crippen LogP contribution in [-0.2, 0) is 14.6 Å². The van der Waals surface area contributed by atoms with E-state index in [2.05, 4.69) is 6.07 Å². The van der Waals surface area contributed by atoms with E-state index < -0.39 is 26.4 Å². The first-order valence-corrected chi connectivity index (χ1v) is 10.7. The molecule has 7 heteroatoms. The van der Waals surface area contributed by atoms with Gasteiger partial charge in [0.15, 0.2) is 21.3 Å². The average Bonchev–Trinajstić information content (AvgIpc) is 3.15. The molecule has 0 unspecified atom stereocenters. The summed E-state index contributed by atoms with van der Waals surface area (Å²) < 4.78 is 43.1. The summed E-state index contributed by atoms with van der Waals surface area (Å²) in [4.78, 5) is 0.225. The van der Waals surface area contributed by atoms with Gasteiger partial charge in [0.2, 0.25) is 6.79 Å². The zero-order valence-electron chi connectivity index (χ0n) is 15.7. The molecule has 2 aromatic carbocycles. The van der Waals surface area contributed by atoms with Crippen LogP contribution in [0.15, 0.2) is 47.4 Å². The molecular weight excluding hydrogens is 378 g/mol. The van der Waals surface area contributed by atoms with E-state index in [1.165, 1.54) is 0 Å². The first kappa shape index (κ1) is 18.8. The number of benzene rings is 2. The molecule has 3 atom stereocenters. The molecule has 1 heterocycles. The van der Waals surface area contributed by atoms with Gasteiger partial charge < -0.3 is 14.2 Å². The third-order valence-electron chi connectivity index (χ3n) is 5.45. The molecule has 28 heavy (non-hydrogen) atoms. The lowest BCUT2D eigenvalue weighted by Crippen LogP contribution is -2.19. The van der Waals surface area contributed by atoms with Crippen molar-refractivity contribution in [2.24, 2.45) is 5.41 Å². The summed E-state index contributed by atoms with van der Waals surface area (Å²) in [5.74, 6) is 0.693. The number of sulfone groups is 1. The van der Waals surface area contributed by atoms with Crippen molar-refractivity contribution in [3.05, 3.63) is 53.6 Å². The molecule has 2 aliphatic rings. The third kappa shape index (κ3) is 2.84. The lowest BCUT2D eigenvalue weighted by atomic mass is 10.0. The van der Waals surface area contributed by atoms with Crippen LogP contribution in [0.3, 0.4) is 0 Å². The Balaban J connectivity index is 1.77. The second-order valence-corrected chi connectivity index (χ2v) is 9.23. The zero-order chi connectivity index (χ0) is 19.9. The van der Waals surface area contributed by atoms with Gasteiger partial charge in [-0.05, 0) is 43.7 Å². The summed E-state index contributed by atoms with van der Waals surface area (Å²) in [6.45, 7) is 4.34. The van der Waals surface area contributed by atoms with E-state index in [-0.39, 0.29) is 18.3 Å². The number of nitrogens with zero attached hydrogens (tertiary/aromatic N) is 1. The fourth-order valence-corrected chi connectivity index (χ4v) is 6.23. The first-order chi connectivity index (χ1) is 13.4. The fourth-order valence-electron chi connectivity index (χ4n) is 3.92. The van der Waals surface area contributed by atoms with Gasteiger partial charge in [-0.15, -0.1) is 0 Å². The van der Waals surface area contributed by atoms with E-state index in [9.17, 15) is 13.7 Å². The van der Waals surface area contributed by atoms with E-state index in [1.54, 1.807) is 42.5 Å².